The van der Waals surface area contributed by atoms with Crippen molar-refractivity contribution in [2.75, 3.05) is 59.2 Å². The van der Waals surface area contributed by atoms with Crippen molar-refractivity contribution >= 4 is 17.4 Å². The summed E-state index contributed by atoms with van der Waals surface area (Å²) in [5.41, 5.74) is 2.03. The van der Waals surface area contributed by atoms with Crippen molar-refractivity contribution in [2.24, 2.45) is 0 Å². The molecule has 0 spiro atoms. The number of fused-ring (bicyclic) bond motifs is 1. The lowest BCUT2D eigenvalue weighted by atomic mass is 9.94. The molecule has 0 unspecified atom stereocenters. The van der Waals surface area contributed by atoms with Crippen LogP contribution in [0.3, 0.4) is 0 Å². The Morgan fingerprint density at radius 1 is 0.867 bits per heavy atom. The minimum Gasteiger partial charge on any atom is -0.507 e. The first-order valence-electron chi connectivity index (χ1n) is 15.5. The number of benzene rings is 3. The summed E-state index contributed by atoms with van der Waals surface area (Å²) in [5.74, 6) is 0.410. The fraction of sp³-hybridized carbons (Fsp3) is 0.371. The smallest absolute Gasteiger partial charge is 0.295 e. The van der Waals surface area contributed by atoms with Crippen molar-refractivity contribution in [3.8, 4) is 23.0 Å². The molecule has 3 heterocycles. The molecule has 1 N–H and O–H groups in total. The van der Waals surface area contributed by atoms with E-state index in [1.54, 1.807) is 35.2 Å². The molecule has 2 saturated heterocycles. The molecule has 2 fully saturated rings. The second-order valence-electron chi connectivity index (χ2n) is 11.1. The molecule has 10 nitrogen and oxygen atoms in total. The van der Waals surface area contributed by atoms with Gasteiger partial charge in [0.2, 0.25) is 0 Å². The van der Waals surface area contributed by atoms with Crippen LogP contribution in [-0.2, 0) is 20.9 Å². The van der Waals surface area contributed by atoms with Gasteiger partial charge in [-0.15, -0.1) is 0 Å². The Labute approximate surface area is 262 Å². The quantitative estimate of drug-likeness (QED) is 0.189. The first-order valence-corrected chi connectivity index (χ1v) is 15.5. The molecule has 0 radical (unpaired) electrons. The van der Waals surface area contributed by atoms with Gasteiger partial charge in [0, 0.05) is 31.7 Å². The van der Waals surface area contributed by atoms with E-state index in [2.05, 4.69) is 4.90 Å². The number of nitrogens with zero attached hydrogens (tertiary/aromatic N) is 2. The number of rotatable bonds is 11. The second kappa shape index (κ2) is 14.0. The topological polar surface area (TPSA) is 107 Å². The van der Waals surface area contributed by atoms with E-state index in [9.17, 15) is 14.7 Å². The van der Waals surface area contributed by atoms with Crippen LogP contribution in [0.4, 0.5) is 0 Å². The van der Waals surface area contributed by atoms with Crippen LogP contribution in [-0.4, -0.2) is 85.8 Å². The number of likely N-dealkylation sites (tertiary alicyclic amines) is 1. The van der Waals surface area contributed by atoms with Crippen molar-refractivity contribution in [3.63, 3.8) is 0 Å². The number of carbonyl (C=O) groups excluding carboxylic acids is 2. The molecule has 3 aliphatic rings. The van der Waals surface area contributed by atoms with Gasteiger partial charge in [-0.3, -0.25) is 14.5 Å². The highest BCUT2D eigenvalue weighted by Crippen LogP contribution is 2.43. The van der Waals surface area contributed by atoms with Gasteiger partial charge in [-0.25, -0.2) is 0 Å². The van der Waals surface area contributed by atoms with Crippen molar-refractivity contribution < 1.29 is 38.4 Å². The van der Waals surface area contributed by atoms with E-state index in [0.717, 1.165) is 25.2 Å². The van der Waals surface area contributed by atoms with Gasteiger partial charge < -0.3 is 33.7 Å². The van der Waals surface area contributed by atoms with Gasteiger partial charge in [0.1, 0.15) is 25.6 Å². The van der Waals surface area contributed by atoms with E-state index in [4.69, 9.17) is 23.7 Å². The van der Waals surface area contributed by atoms with Crippen molar-refractivity contribution in [1.82, 2.24) is 9.80 Å². The Morgan fingerprint density at radius 3 is 2.42 bits per heavy atom. The van der Waals surface area contributed by atoms with Crippen LogP contribution in [0.1, 0.15) is 36.1 Å². The van der Waals surface area contributed by atoms with Gasteiger partial charge in [-0.1, -0.05) is 36.4 Å². The summed E-state index contributed by atoms with van der Waals surface area (Å²) in [4.78, 5) is 31.1. The Kier molecular flexibility index (Phi) is 9.52. The number of hydrogen-bond acceptors (Lipinski definition) is 9. The number of aliphatic hydroxyl groups excluding tert-OH is 1. The van der Waals surface area contributed by atoms with Crippen molar-refractivity contribution in [1.29, 1.82) is 0 Å². The summed E-state index contributed by atoms with van der Waals surface area (Å²) in [6.45, 7) is 7.55. The van der Waals surface area contributed by atoms with E-state index in [-0.39, 0.29) is 11.3 Å². The van der Waals surface area contributed by atoms with Crippen LogP contribution >= 0.6 is 0 Å². The average molecular weight is 615 g/mol. The highest BCUT2D eigenvalue weighted by Gasteiger charge is 2.46. The molecule has 1 atom stereocenters. The molecule has 236 valence electrons. The summed E-state index contributed by atoms with van der Waals surface area (Å²) in [7, 11) is 0. The number of hydrogen-bond donors (Lipinski definition) is 1. The van der Waals surface area contributed by atoms with Gasteiger partial charge >= 0.3 is 0 Å². The van der Waals surface area contributed by atoms with Gasteiger partial charge in [0.15, 0.2) is 23.0 Å². The van der Waals surface area contributed by atoms with E-state index in [1.807, 2.05) is 43.3 Å². The Hall–Kier alpha value is -4.54. The summed E-state index contributed by atoms with van der Waals surface area (Å²) in [6.07, 6.45) is 0.657. The van der Waals surface area contributed by atoms with Gasteiger partial charge in [0.25, 0.3) is 11.7 Å². The average Bonchev–Trinajstić information content (AvgIpc) is 3.33. The molecule has 10 heteroatoms. The molecule has 0 aromatic heterocycles. The number of morpholine rings is 1. The molecule has 0 bridgehead atoms. The van der Waals surface area contributed by atoms with Crippen LogP contribution in [0.15, 0.2) is 72.3 Å². The van der Waals surface area contributed by atoms with Crippen LogP contribution in [0.5, 0.6) is 23.0 Å². The molecule has 0 saturated carbocycles. The minimum absolute atomic E-state index is 0.0171. The zero-order chi connectivity index (χ0) is 31.2. The number of aliphatic hydroxyl groups is 1. The number of amides is 1. The molecule has 6 rings (SSSR count). The summed E-state index contributed by atoms with van der Waals surface area (Å²) in [5, 5.41) is 11.6. The molecule has 3 aliphatic heterocycles. The highest BCUT2D eigenvalue weighted by molar-refractivity contribution is 6.46. The van der Waals surface area contributed by atoms with Crippen LogP contribution < -0.4 is 18.9 Å². The van der Waals surface area contributed by atoms with Crippen molar-refractivity contribution in [2.45, 2.75) is 26.0 Å². The fourth-order valence-corrected chi connectivity index (χ4v) is 5.91. The summed E-state index contributed by atoms with van der Waals surface area (Å²) in [6, 6.07) is 19.4. The number of Topliss-reactive ketones (excluding diaryl/α,β-unsaturated/α-hetero) is 1. The number of carbonyl (C=O) groups is 2. The maximum absolute atomic E-state index is 13.7. The molecule has 45 heavy (non-hydrogen) atoms. The third kappa shape index (κ3) is 6.77. The Balaban J connectivity index is 1.35. The fourth-order valence-electron chi connectivity index (χ4n) is 5.91. The summed E-state index contributed by atoms with van der Waals surface area (Å²) < 4.78 is 28.9. The van der Waals surface area contributed by atoms with E-state index in [1.165, 1.54) is 0 Å². The van der Waals surface area contributed by atoms with Gasteiger partial charge in [-0.05, 0) is 54.8 Å². The standard InChI is InChI=1S/C35H38N2O8/c1-2-42-29-21-25(9-11-28(29)45-23-24-7-4-3-5-8-24)32-31(33(38)26-10-12-27-30(22-26)44-20-19-43-27)34(39)35(40)37(32)14-6-13-36-15-17-41-18-16-36/h3-5,7-12,21-22,32,38H,2,6,13-20,23H2,1H3/t32-/m0/s1. The first-order chi connectivity index (χ1) is 22.0. The van der Waals surface area contributed by atoms with Crippen LogP contribution in [0.25, 0.3) is 5.76 Å². The predicted molar refractivity (Wildman–Crippen MR) is 167 cm³/mol. The van der Waals surface area contributed by atoms with Gasteiger partial charge in [0.05, 0.1) is 31.4 Å². The molecule has 0 aliphatic carbocycles. The summed E-state index contributed by atoms with van der Waals surface area (Å²) >= 11 is 0. The van der Waals surface area contributed by atoms with E-state index < -0.39 is 17.7 Å². The molecular formula is C35H38N2O8. The predicted octanol–water partition coefficient (Wildman–Crippen LogP) is 4.58. The van der Waals surface area contributed by atoms with Gasteiger partial charge in [-0.2, -0.15) is 0 Å². The molecule has 3 aromatic rings. The Morgan fingerprint density at radius 2 is 1.64 bits per heavy atom. The molecule has 3 aromatic carbocycles. The van der Waals surface area contributed by atoms with Crippen LogP contribution in [0.2, 0.25) is 0 Å². The molecular weight excluding hydrogens is 576 g/mol. The lowest BCUT2D eigenvalue weighted by Gasteiger charge is -2.29. The number of ether oxygens (including phenoxy) is 5. The first kappa shape index (κ1) is 30.5. The third-order valence-electron chi connectivity index (χ3n) is 8.15. The molecule has 1 amide bonds. The van der Waals surface area contributed by atoms with E-state index >= 15 is 0 Å². The monoisotopic (exact) mass is 614 g/mol. The zero-order valence-corrected chi connectivity index (χ0v) is 25.4. The SMILES string of the molecule is CCOc1cc([C@H]2C(=C(O)c3ccc4c(c3)OCCO4)C(=O)C(=O)N2CCCN2CCOCC2)ccc1OCc1ccccc1. The maximum atomic E-state index is 13.7. The Bertz CT molecular complexity index is 1550. The second-order valence-corrected chi connectivity index (χ2v) is 11.1. The number of ketones is 1. The van der Waals surface area contributed by atoms with E-state index in [0.29, 0.717) is 86.7 Å². The highest BCUT2D eigenvalue weighted by atomic mass is 16.6. The maximum Gasteiger partial charge on any atom is 0.295 e. The lowest BCUT2D eigenvalue weighted by Crippen LogP contribution is -2.39. The lowest BCUT2D eigenvalue weighted by molar-refractivity contribution is -0.140. The third-order valence-corrected chi connectivity index (χ3v) is 8.15. The minimum atomic E-state index is -0.828. The largest absolute Gasteiger partial charge is 0.507 e. The normalized spacial score (nSPS) is 19.5. The van der Waals surface area contributed by atoms with Crippen LogP contribution in [0, 0.1) is 0 Å². The van der Waals surface area contributed by atoms with Crippen molar-refractivity contribution in [3.05, 3.63) is 89.0 Å². The zero-order valence-electron chi connectivity index (χ0n) is 25.4.